The molecule has 1 heterocycles. The molecule has 150 valence electrons. The number of nitrogens with zero attached hydrogens (tertiary/aromatic N) is 2. The van der Waals surface area contributed by atoms with Crippen LogP contribution in [0.4, 0.5) is 13.2 Å². The summed E-state index contributed by atoms with van der Waals surface area (Å²) in [5.41, 5.74) is -0.661. The SMILES string of the molecule is O=C(OC(=O)C(F)(F)F)c1[nH]nnc1Oc1ccc(Cl)c(OC2CCCC2)c1. The molecule has 1 aromatic heterocycles. The van der Waals surface area contributed by atoms with Gasteiger partial charge in [-0.05, 0) is 37.8 Å². The average molecular weight is 420 g/mol. The van der Waals surface area contributed by atoms with Gasteiger partial charge in [-0.25, -0.2) is 14.7 Å². The first kappa shape index (κ1) is 19.9. The minimum absolute atomic E-state index is 0.0266. The molecular formula is C16H13ClF3N3O5. The zero-order valence-electron chi connectivity index (χ0n) is 14.1. The van der Waals surface area contributed by atoms with Crippen molar-refractivity contribution in [3.63, 3.8) is 0 Å². The third kappa shape index (κ3) is 4.71. The highest BCUT2D eigenvalue weighted by Gasteiger charge is 2.43. The normalized spacial score (nSPS) is 14.7. The van der Waals surface area contributed by atoms with E-state index in [1.807, 2.05) is 5.10 Å². The first-order chi connectivity index (χ1) is 13.2. The molecule has 1 N–H and O–H groups in total. The second-order valence-corrected chi connectivity index (χ2v) is 6.29. The van der Waals surface area contributed by atoms with Crippen molar-refractivity contribution in [1.29, 1.82) is 0 Å². The zero-order chi connectivity index (χ0) is 20.3. The summed E-state index contributed by atoms with van der Waals surface area (Å²) in [5, 5.41) is 9.12. The van der Waals surface area contributed by atoms with Crippen LogP contribution in [0.1, 0.15) is 36.2 Å². The molecule has 1 saturated carbocycles. The van der Waals surface area contributed by atoms with Crippen LogP contribution in [-0.4, -0.2) is 39.6 Å². The number of H-pyrrole nitrogens is 1. The minimum Gasteiger partial charge on any atom is -0.489 e. The zero-order valence-corrected chi connectivity index (χ0v) is 14.8. The Morgan fingerprint density at radius 1 is 1.21 bits per heavy atom. The number of hydrogen-bond acceptors (Lipinski definition) is 7. The second kappa shape index (κ2) is 8.05. The third-order valence-electron chi connectivity index (χ3n) is 3.85. The molecule has 12 heteroatoms. The number of aromatic amines is 1. The number of carbonyl (C=O) groups excluding carboxylic acids is 2. The Morgan fingerprint density at radius 3 is 2.61 bits per heavy atom. The lowest BCUT2D eigenvalue weighted by Gasteiger charge is -2.15. The van der Waals surface area contributed by atoms with Crippen LogP contribution in [0.15, 0.2) is 18.2 Å². The fraction of sp³-hybridized carbons (Fsp3) is 0.375. The molecule has 0 unspecified atom stereocenters. The summed E-state index contributed by atoms with van der Waals surface area (Å²) in [5.74, 6) is -4.29. The first-order valence-electron chi connectivity index (χ1n) is 8.12. The summed E-state index contributed by atoms with van der Waals surface area (Å²) in [6, 6.07) is 4.38. The van der Waals surface area contributed by atoms with Crippen LogP contribution in [0.5, 0.6) is 17.4 Å². The molecule has 0 saturated heterocycles. The maximum atomic E-state index is 12.2. The Bertz CT molecular complexity index is 881. The quantitative estimate of drug-likeness (QED) is 0.580. The van der Waals surface area contributed by atoms with E-state index in [9.17, 15) is 22.8 Å². The number of aromatic nitrogens is 3. The fourth-order valence-corrected chi connectivity index (χ4v) is 2.71. The van der Waals surface area contributed by atoms with E-state index in [1.54, 1.807) is 0 Å². The van der Waals surface area contributed by atoms with E-state index in [0.717, 1.165) is 25.7 Å². The lowest BCUT2D eigenvalue weighted by Crippen LogP contribution is -2.28. The molecule has 0 amide bonds. The molecule has 0 atom stereocenters. The Kier molecular flexibility index (Phi) is 5.73. The maximum absolute atomic E-state index is 12.2. The molecule has 0 radical (unpaired) electrons. The average Bonchev–Trinajstić information content (AvgIpc) is 3.28. The van der Waals surface area contributed by atoms with Gasteiger partial charge in [0.15, 0.2) is 0 Å². The topological polar surface area (TPSA) is 103 Å². The van der Waals surface area contributed by atoms with Crippen molar-refractivity contribution in [1.82, 2.24) is 15.4 Å². The van der Waals surface area contributed by atoms with Gasteiger partial charge in [-0.1, -0.05) is 21.9 Å². The summed E-state index contributed by atoms with van der Waals surface area (Å²) < 4.78 is 51.6. The van der Waals surface area contributed by atoms with Crippen molar-refractivity contribution in [3.8, 4) is 17.4 Å². The van der Waals surface area contributed by atoms with E-state index in [-0.39, 0.29) is 11.9 Å². The van der Waals surface area contributed by atoms with Crippen LogP contribution in [0.25, 0.3) is 0 Å². The van der Waals surface area contributed by atoms with E-state index in [0.29, 0.717) is 10.8 Å². The van der Waals surface area contributed by atoms with Crippen molar-refractivity contribution in [2.45, 2.75) is 38.0 Å². The number of esters is 2. The van der Waals surface area contributed by atoms with Crippen LogP contribution in [0.3, 0.4) is 0 Å². The van der Waals surface area contributed by atoms with Crippen LogP contribution in [0.2, 0.25) is 5.02 Å². The van der Waals surface area contributed by atoms with Crippen molar-refractivity contribution < 1.29 is 37.0 Å². The summed E-state index contributed by atoms with van der Waals surface area (Å²) in [4.78, 5) is 22.5. The number of ether oxygens (including phenoxy) is 3. The van der Waals surface area contributed by atoms with Gasteiger partial charge < -0.3 is 14.2 Å². The highest BCUT2D eigenvalue weighted by Crippen LogP contribution is 2.34. The molecule has 8 nitrogen and oxygen atoms in total. The monoisotopic (exact) mass is 419 g/mol. The minimum atomic E-state index is -5.33. The number of rotatable bonds is 5. The Morgan fingerprint density at radius 2 is 1.93 bits per heavy atom. The summed E-state index contributed by atoms with van der Waals surface area (Å²) in [7, 11) is 0. The van der Waals surface area contributed by atoms with E-state index < -0.39 is 29.7 Å². The highest BCUT2D eigenvalue weighted by atomic mass is 35.5. The van der Waals surface area contributed by atoms with Gasteiger partial charge >= 0.3 is 18.1 Å². The molecule has 1 aromatic carbocycles. The van der Waals surface area contributed by atoms with E-state index in [4.69, 9.17) is 21.1 Å². The predicted molar refractivity (Wildman–Crippen MR) is 87.3 cm³/mol. The molecule has 28 heavy (non-hydrogen) atoms. The Labute approximate surface area is 160 Å². The van der Waals surface area contributed by atoms with Crippen LogP contribution in [0, 0.1) is 0 Å². The first-order valence-corrected chi connectivity index (χ1v) is 8.50. The molecule has 3 rings (SSSR count). The van der Waals surface area contributed by atoms with Gasteiger partial charge in [0.2, 0.25) is 5.69 Å². The Balaban J connectivity index is 1.73. The second-order valence-electron chi connectivity index (χ2n) is 5.89. The van der Waals surface area contributed by atoms with E-state index >= 15 is 0 Å². The number of alkyl halides is 3. The van der Waals surface area contributed by atoms with Gasteiger partial charge in [0.25, 0.3) is 5.88 Å². The van der Waals surface area contributed by atoms with Gasteiger partial charge in [-0.2, -0.15) is 13.2 Å². The molecule has 1 aliphatic carbocycles. The number of nitrogens with one attached hydrogen (secondary N) is 1. The van der Waals surface area contributed by atoms with E-state index in [2.05, 4.69) is 15.0 Å². The molecule has 0 aliphatic heterocycles. The van der Waals surface area contributed by atoms with Crippen molar-refractivity contribution in [2.24, 2.45) is 0 Å². The van der Waals surface area contributed by atoms with E-state index in [1.165, 1.54) is 18.2 Å². The molecule has 0 bridgehead atoms. The molecule has 2 aromatic rings. The largest absolute Gasteiger partial charge is 0.491 e. The summed E-state index contributed by atoms with van der Waals surface area (Å²) >= 11 is 6.11. The van der Waals surface area contributed by atoms with Gasteiger partial charge in [-0.15, -0.1) is 0 Å². The van der Waals surface area contributed by atoms with Crippen molar-refractivity contribution in [3.05, 3.63) is 28.9 Å². The molecule has 0 spiro atoms. The molecule has 1 aliphatic rings. The summed E-state index contributed by atoms with van der Waals surface area (Å²) in [6.07, 6.45) is -1.40. The lowest BCUT2D eigenvalue weighted by molar-refractivity contribution is -0.193. The Hall–Kier alpha value is -2.82. The maximum Gasteiger partial charge on any atom is 0.491 e. The van der Waals surface area contributed by atoms with Crippen molar-refractivity contribution in [2.75, 3.05) is 0 Å². The van der Waals surface area contributed by atoms with Crippen molar-refractivity contribution >= 4 is 23.5 Å². The third-order valence-corrected chi connectivity index (χ3v) is 4.16. The van der Waals surface area contributed by atoms with Gasteiger partial charge in [-0.3, -0.25) is 0 Å². The number of benzene rings is 1. The highest BCUT2D eigenvalue weighted by molar-refractivity contribution is 6.32. The fourth-order valence-electron chi connectivity index (χ4n) is 2.55. The lowest BCUT2D eigenvalue weighted by atomic mass is 10.3. The smallest absolute Gasteiger partial charge is 0.489 e. The molecular weight excluding hydrogens is 407 g/mol. The standard InChI is InChI=1S/C16H13ClF3N3O5/c17-10-6-5-9(7-11(10)26-8-3-1-2-4-8)27-13-12(21-23-22-13)14(24)28-15(25)16(18,19)20/h5-8H,1-4H2,(H,21,22,23). The summed E-state index contributed by atoms with van der Waals surface area (Å²) in [6.45, 7) is 0. The van der Waals surface area contributed by atoms with Crippen LogP contribution < -0.4 is 9.47 Å². The van der Waals surface area contributed by atoms with Crippen LogP contribution >= 0.6 is 11.6 Å². The van der Waals surface area contributed by atoms with Gasteiger partial charge in [0.05, 0.1) is 11.1 Å². The number of carbonyl (C=O) groups is 2. The van der Waals surface area contributed by atoms with Gasteiger partial charge in [0, 0.05) is 6.07 Å². The molecule has 1 fully saturated rings. The number of halogens is 4. The number of hydrogen-bond donors (Lipinski definition) is 1. The predicted octanol–water partition coefficient (Wildman–Crippen LogP) is 3.82. The van der Waals surface area contributed by atoms with Gasteiger partial charge in [0.1, 0.15) is 11.5 Å². The van der Waals surface area contributed by atoms with Crippen LogP contribution in [-0.2, 0) is 9.53 Å².